The van der Waals surface area contributed by atoms with Gasteiger partial charge in [0.2, 0.25) is 0 Å². The normalized spacial score (nSPS) is 12.7. The molecule has 0 saturated carbocycles. The van der Waals surface area contributed by atoms with Crippen LogP contribution in [-0.4, -0.2) is 16.9 Å². The summed E-state index contributed by atoms with van der Waals surface area (Å²) in [5, 5.41) is 5.39. The van der Waals surface area contributed by atoms with Gasteiger partial charge in [0.1, 0.15) is 23.1 Å². The fourth-order valence-electron chi connectivity index (χ4n) is 2.53. The van der Waals surface area contributed by atoms with Crippen molar-refractivity contribution in [2.45, 2.75) is 25.9 Å². The molecular weight excluding hydrogens is 266 g/mol. The van der Waals surface area contributed by atoms with Crippen LogP contribution in [0.5, 0.6) is 5.75 Å². The minimum absolute atomic E-state index is 0.401. The smallest absolute Gasteiger partial charge is 0.162 e. The van der Waals surface area contributed by atoms with Crippen LogP contribution < -0.4 is 10.5 Å². The van der Waals surface area contributed by atoms with Gasteiger partial charge in [-0.25, -0.2) is 0 Å². The fraction of sp³-hybridized carbons (Fsp3) is 0.312. The van der Waals surface area contributed by atoms with E-state index in [-0.39, 0.29) is 0 Å². The molecule has 5 heteroatoms. The Morgan fingerprint density at radius 1 is 1.38 bits per heavy atom. The summed E-state index contributed by atoms with van der Waals surface area (Å²) in [5.41, 5.74) is 8.08. The Morgan fingerprint density at radius 3 is 2.90 bits per heavy atom. The number of methoxy groups -OCH3 is 1. The van der Waals surface area contributed by atoms with Crippen molar-refractivity contribution < 1.29 is 9.15 Å². The van der Waals surface area contributed by atoms with E-state index in [1.54, 1.807) is 13.3 Å². The standard InChI is InChI=1S/C16H19N3O2/c1-3-8-19-16(14(20-2)10-18-19)15(17)13-9-11-6-4-5-7-12(11)21-13/h4-7,9-10,15H,3,8,17H2,1-2H3. The maximum absolute atomic E-state index is 6.40. The summed E-state index contributed by atoms with van der Waals surface area (Å²) in [6.45, 7) is 2.90. The minimum Gasteiger partial charge on any atom is -0.493 e. The van der Waals surface area contributed by atoms with Crippen molar-refractivity contribution in [2.75, 3.05) is 7.11 Å². The summed E-state index contributed by atoms with van der Waals surface area (Å²) >= 11 is 0. The highest BCUT2D eigenvalue weighted by Gasteiger charge is 2.23. The molecule has 0 bridgehead atoms. The van der Waals surface area contributed by atoms with E-state index in [1.165, 1.54) is 0 Å². The average Bonchev–Trinajstić information content (AvgIpc) is 3.10. The number of aryl methyl sites for hydroxylation is 1. The molecular formula is C16H19N3O2. The first-order chi connectivity index (χ1) is 10.2. The van der Waals surface area contributed by atoms with Crippen LogP contribution >= 0.6 is 0 Å². The average molecular weight is 285 g/mol. The zero-order valence-corrected chi connectivity index (χ0v) is 12.2. The predicted molar refractivity (Wildman–Crippen MR) is 81.3 cm³/mol. The van der Waals surface area contributed by atoms with Crippen LogP contribution in [0.3, 0.4) is 0 Å². The molecule has 0 amide bonds. The lowest BCUT2D eigenvalue weighted by Gasteiger charge is -2.13. The van der Waals surface area contributed by atoms with Crippen LogP contribution in [0.25, 0.3) is 11.0 Å². The third-order valence-corrected chi connectivity index (χ3v) is 3.55. The Hall–Kier alpha value is -2.27. The topological polar surface area (TPSA) is 66.2 Å². The number of rotatable bonds is 5. The summed E-state index contributed by atoms with van der Waals surface area (Å²) in [6, 6.07) is 9.45. The Bertz CT molecular complexity index is 712. The van der Waals surface area contributed by atoms with Gasteiger partial charge in [0.15, 0.2) is 5.75 Å². The van der Waals surface area contributed by atoms with E-state index >= 15 is 0 Å². The molecule has 0 saturated heterocycles. The molecule has 2 N–H and O–H groups in total. The highest BCUT2D eigenvalue weighted by Crippen LogP contribution is 2.31. The van der Waals surface area contributed by atoms with E-state index in [0.29, 0.717) is 11.5 Å². The first kappa shape index (κ1) is 13.7. The monoisotopic (exact) mass is 285 g/mol. The number of ether oxygens (including phenoxy) is 1. The Balaban J connectivity index is 2.04. The van der Waals surface area contributed by atoms with Crippen LogP contribution in [-0.2, 0) is 6.54 Å². The summed E-state index contributed by atoms with van der Waals surface area (Å²) < 4.78 is 13.1. The van der Waals surface area contributed by atoms with Crippen LogP contribution in [0.4, 0.5) is 0 Å². The van der Waals surface area contributed by atoms with Crippen LogP contribution in [0.2, 0.25) is 0 Å². The van der Waals surface area contributed by atoms with Crippen LogP contribution in [0.1, 0.15) is 30.8 Å². The van der Waals surface area contributed by atoms with E-state index in [0.717, 1.165) is 29.6 Å². The molecule has 21 heavy (non-hydrogen) atoms. The zero-order chi connectivity index (χ0) is 14.8. The predicted octanol–water partition coefficient (Wildman–Crippen LogP) is 3.10. The second kappa shape index (κ2) is 5.61. The first-order valence-corrected chi connectivity index (χ1v) is 7.08. The fourth-order valence-corrected chi connectivity index (χ4v) is 2.53. The number of furan rings is 1. The van der Waals surface area contributed by atoms with Crippen LogP contribution in [0.15, 0.2) is 40.9 Å². The molecule has 2 heterocycles. The van der Waals surface area contributed by atoms with Crippen molar-refractivity contribution in [3.05, 3.63) is 48.0 Å². The SMILES string of the molecule is CCCn1ncc(OC)c1C(N)c1cc2ccccc2o1. The number of nitrogens with two attached hydrogens (primary N) is 1. The molecule has 2 aromatic heterocycles. The number of nitrogens with zero attached hydrogens (tertiary/aromatic N) is 2. The lowest BCUT2D eigenvalue weighted by molar-refractivity contribution is 0.398. The Morgan fingerprint density at radius 2 is 2.19 bits per heavy atom. The molecule has 1 aromatic carbocycles. The lowest BCUT2D eigenvalue weighted by atomic mass is 10.1. The quantitative estimate of drug-likeness (QED) is 0.782. The van der Waals surface area contributed by atoms with Crippen molar-refractivity contribution in [3.63, 3.8) is 0 Å². The summed E-state index contributed by atoms with van der Waals surface area (Å²) in [7, 11) is 1.63. The maximum Gasteiger partial charge on any atom is 0.162 e. The van der Waals surface area contributed by atoms with Crippen molar-refractivity contribution in [3.8, 4) is 5.75 Å². The van der Waals surface area contributed by atoms with Gasteiger partial charge in [0.25, 0.3) is 0 Å². The molecule has 5 nitrogen and oxygen atoms in total. The van der Waals surface area contributed by atoms with E-state index in [1.807, 2.05) is 35.0 Å². The molecule has 3 aromatic rings. The highest BCUT2D eigenvalue weighted by atomic mass is 16.5. The third kappa shape index (κ3) is 2.40. The number of hydrogen-bond acceptors (Lipinski definition) is 4. The van der Waals surface area contributed by atoms with Gasteiger partial charge in [-0.2, -0.15) is 5.10 Å². The van der Waals surface area contributed by atoms with Gasteiger partial charge < -0.3 is 14.9 Å². The largest absolute Gasteiger partial charge is 0.493 e. The van der Waals surface area contributed by atoms with E-state index in [2.05, 4.69) is 12.0 Å². The summed E-state index contributed by atoms with van der Waals surface area (Å²) in [4.78, 5) is 0. The second-order valence-electron chi connectivity index (χ2n) is 4.99. The van der Waals surface area contributed by atoms with Gasteiger partial charge in [-0.05, 0) is 18.6 Å². The van der Waals surface area contributed by atoms with Gasteiger partial charge in [-0.15, -0.1) is 0 Å². The summed E-state index contributed by atoms with van der Waals surface area (Å²) in [5.74, 6) is 1.41. The third-order valence-electron chi connectivity index (χ3n) is 3.55. The zero-order valence-electron chi connectivity index (χ0n) is 12.2. The molecule has 0 aliphatic heterocycles. The number of para-hydroxylation sites is 1. The molecule has 0 aliphatic carbocycles. The maximum atomic E-state index is 6.40. The van der Waals surface area contributed by atoms with Gasteiger partial charge in [0, 0.05) is 11.9 Å². The molecule has 3 rings (SSSR count). The molecule has 1 atom stereocenters. The van der Waals surface area contributed by atoms with Gasteiger partial charge >= 0.3 is 0 Å². The van der Waals surface area contributed by atoms with E-state index in [4.69, 9.17) is 14.9 Å². The molecule has 0 fully saturated rings. The van der Waals surface area contributed by atoms with Crippen molar-refractivity contribution in [1.82, 2.24) is 9.78 Å². The summed E-state index contributed by atoms with van der Waals surface area (Å²) in [6.07, 6.45) is 2.68. The first-order valence-electron chi connectivity index (χ1n) is 7.08. The number of aromatic nitrogens is 2. The van der Waals surface area contributed by atoms with Crippen molar-refractivity contribution in [1.29, 1.82) is 0 Å². The second-order valence-corrected chi connectivity index (χ2v) is 4.99. The molecule has 110 valence electrons. The lowest BCUT2D eigenvalue weighted by Crippen LogP contribution is -2.18. The van der Waals surface area contributed by atoms with Crippen molar-refractivity contribution in [2.24, 2.45) is 5.73 Å². The number of hydrogen-bond donors (Lipinski definition) is 1. The number of benzene rings is 1. The van der Waals surface area contributed by atoms with Crippen LogP contribution in [0, 0.1) is 0 Å². The highest BCUT2D eigenvalue weighted by molar-refractivity contribution is 5.77. The Labute approximate surface area is 123 Å². The molecule has 0 aliphatic rings. The number of fused-ring (bicyclic) bond motifs is 1. The minimum atomic E-state index is -0.401. The van der Waals surface area contributed by atoms with Gasteiger partial charge in [0.05, 0.1) is 13.3 Å². The molecule has 1 unspecified atom stereocenters. The molecule has 0 spiro atoms. The van der Waals surface area contributed by atoms with Crippen molar-refractivity contribution >= 4 is 11.0 Å². The van der Waals surface area contributed by atoms with E-state index < -0.39 is 6.04 Å². The van der Waals surface area contributed by atoms with Gasteiger partial charge in [-0.1, -0.05) is 25.1 Å². The molecule has 0 radical (unpaired) electrons. The van der Waals surface area contributed by atoms with E-state index in [9.17, 15) is 0 Å². The van der Waals surface area contributed by atoms with Gasteiger partial charge in [-0.3, -0.25) is 4.68 Å². The Kier molecular flexibility index (Phi) is 3.66.